The lowest BCUT2D eigenvalue weighted by atomic mass is 9.93. The summed E-state index contributed by atoms with van der Waals surface area (Å²) >= 11 is 0. The minimum Gasteiger partial charge on any atom is -0.311 e. The number of nitrogens with zero attached hydrogens (tertiary/aromatic N) is 1. The van der Waals surface area contributed by atoms with Gasteiger partial charge in [-0.15, -0.1) is 0 Å². The number of hydrogen-bond donors (Lipinski definition) is 0. The van der Waals surface area contributed by atoms with E-state index in [-0.39, 0.29) is 0 Å². The Hall–Kier alpha value is -5.09. The first kappa shape index (κ1) is 24.9. The molecule has 198 valence electrons. The third kappa shape index (κ3) is 4.68. The van der Waals surface area contributed by atoms with E-state index in [1.54, 1.807) is 0 Å². The molecule has 7 rings (SSSR count). The molecule has 0 aliphatic heterocycles. The van der Waals surface area contributed by atoms with Crippen LogP contribution in [0.5, 0.6) is 0 Å². The number of rotatable bonds is 5. The smallest absolute Gasteiger partial charge is 0.311 e. The van der Waals surface area contributed by atoms with Crippen LogP contribution >= 0.6 is 0 Å². The molecule has 0 saturated heterocycles. The van der Waals surface area contributed by atoms with Gasteiger partial charge in [-0.05, 0) is 104 Å². The molecular formula is C37H24F3N. The highest BCUT2D eigenvalue weighted by Crippen LogP contribution is 2.38. The largest absolute Gasteiger partial charge is 0.416 e. The third-order valence-corrected chi connectivity index (χ3v) is 7.57. The van der Waals surface area contributed by atoms with Gasteiger partial charge < -0.3 is 4.90 Å². The van der Waals surface area contributed by atoms with Crippen LogP contribution in [0.25, 0.3) is 44.5 Å². The lowest BCUT2D eigenvalue weighted by molar-refractivity contribution is -0.137. The zero-order valence-corrected chi connectivity index (χ0v) is 21.9. The molecule has 0 aliphatic rings. The zero-order valence-electron chi connectivity index (χ0n) is 21.9. The second kappa shape index (κ2) is 9.83. The van der Waals surface area contributed by atoms with E-state index < -0.39 is 11.7 Å². The first-order chi connectivity index (χ1) is 19.9. The highest BCUT2D eigenvalue weighted by atomic mass is 19.4. The maximum Gasteiger partial charge on any atom is 0.416 e. The summed E-state index contributed by atoms with van der Waals surface area (Å²) in [4.78, 5) is 1.95. The van der Waals surface area contributed by atoms with Crippen LogP contribution in [-0.2, 0) is 6.18 Å². The molecule has 0 fully saturated rings. The van der Waals surface area contributed by atoms with Gasteiger partial charge in [-0.2, -0.15) is 13.2 Å². The first-order valence-electron chi connectivity index (χ1n) is 13.4. The Morgan fingerprint density at radius 3 is 1.51 bits per heavy atom. The molecule has 0 atom stereocenters. The van der Waals surface area contributed by atoms with E-state index in [0.717, 1.165) is 34.6 Å². The average Bonchev–Trinajstić information content (AvgIpc) is 3.00. The Bertz CT molecular complexity index is 1940. The molecule has 7 aromatic rings. The maximum absolute atomic E-state index is 13.2. The third-order valence-electron chi connectivity index (χ3n) is 7.57. The second-order valence-electron chi connectivity index (χ2n) is 10.2. The number of alkyl halides is 3. The number of hydrogen-bond acceptors (Lipinski definition) is 1. The first-order valence-corrected chi connectivity index (χ1v) is 13.4. The van der Waals surface area contributed by atoms with Crippen LogP contribution < -0.4 is 4.90 Å². The van der Waals surface area contributed by atoms with Crippen molar-refractivity contribution in [3.8, 4) is 0 Å². The fourth-order valence-corrected chi connectivity index (χ4v) is 5.62. The van der Waals surface area contributed by atoms with Gasteiger partial charge in [0, 0.05) is 17.1 Å². The Morgan fingerprint density at radius 1 is 0.439 bits per heavy atom. The molecule has 0 saturated carbocycles. The quantitative estimate of drug-likeness (QED) is 0.155. The summed E-state index contributed by atoms with van der Waals surface area (Å²) in [5.74, 6) is 0. The summed E-state index contributed by atoms with van der Waals surface area (Å²) in [5, 5.41) is 7.55. The van der Waals surface area contributed by atoms with E-state index in [1.807, 2.05) is 59.5 Å². The standard InChI is InChI=1S/C37H24F3N/c38-37(39,40)31-17-21-34(22-18-31)41(32-7-2-1-3-8-32)33-19-11-25(12-20-33)9-10-26-23-29-15-13-27-5-4-6-28-14-16-30(24-26)36(29)35(27)28/h1-24H. The molecule has 1 nitrogen and oxygen atoms in total. The zero-order chi connectivity index (χ0) is 28.0. The lowest BCUT2D eigenvalue weighted by Crippen LogP contribution is -2.11. The van der Waals surface area contributed by atoms with Crippen molar-refractivity contribution in [2.75, 3.05) is 4.90 Å². The molecule has 0 unspecified atom stereocenters. The monoisotopic (exact) mass is 539 g/mol. The fourth-order valence-electron chi connectivity index (χ4n) is 5.62. The molecule has 0 aliphatic carbocycles. The van der Waals surface area contributed by atoms with Gasteiger partial charge in [0.25, 0.3) is 0 Å². The van der Waals surface area contributed by atoms with Crippen molar-refractivity contribution in [2.45, 2.75) is 6.18 Å². The van der Waals surface area contributed by atoms with E-state index in [0.29, 0.717) is 5.69 Å². The van der Waals surface area contributed by atoms with Crippen molar-refractivity contribution in [1.82, 2.24) is 0 Å². The van der Waals surface area contributed by atoms with Gasteiger partial charge in [-0.1, -0.05) is 84.9 Å². The molecule has 0 N–H and O–H groups in total. The second-order valence-corrected chi connectivity index (χ2v) is 10.2. The van der Waals surface area contributed by atoms with Crippen LogP contribution in [0.2, 0.25) is 0 Å². The van der Waals surface area contributed by atoms with Crippen molar-refractivity contribution in [3.05, 3.63) is 150 Å². The number of halogens is 3. The number of para-hydroxylation sites is 1. The van der Waals surface area contributed by atoms with E-state index in [2.05, 4.69) is 66.7 Å². The van der Waals surface area contributed by atoms with Crippen LogP contribution in [0.1, 0.15) is 16.7 Å². The van der Waals surface area contributed by atoms with Crippen molar-refractivity contribution in [2.24, 2.45) is 0 Å². The highest BCUT2D eigenvalue weighted by molar-refractivity contribution is 6.23. The predicted molar refractivity (Wildman–Crippen MR) is 165 cm³/mol. The minimum atomic E-state index is -4.38. The van der Waals surface area contributed by atoms with Crippen molar-refractivity contribution >= 4 is 61.5 Å². The van der Waals surface area contributed by atoms with Gasteiger partial charge >= 0.3 is 6.18 Å². The van der Waals surface area contributed by atoms with E-state index >= 15 is 0 Å². The predicted octanol–water partition coefficient (Wildman–Crippen LogP) is 11.2. The van der Waals surface area contributed by atoms with Crippen LogP contribution in [-0.4, -0.2) is 0 Å². The van der Waals surface area contributed by atoms with Gasteiger partial charge in [-0.3, -0.25) is 0 Å². The van der Waals surface area contributed by atoms with Gasteiger partial charge in [0.05, 0.1) is 5.56 Å². The number of anilines is 3. The molecule has 0 amide bonds. The van der Waals surface area contributed by atoms with Gasteiger partial charge in [0.2, 0.25) is 0 Å². The van der Waals surface area contributed by atoms with Crippen molar-refractivity contribution in [3.63, 3.8) is 0 Å². The Kier molecular flexibility index (Phi) is 5.97. The minimum absolute atomic E-state index is 0.654. The van der Waals surface area contributed by atoms with Gasteiger partial charge in [0.1, 0.15) is 0 Å². The normalized spacial score (nSPS) is 12.2. The molecule has 7 aromatic carbocycles. The summed E-state index contributed by atoms with van der Waals surface area (Å²) in [6, 6.07) is 42.6. The molecule has 0 aromatic heterocycles. The summed E-state index contributed by atoms with van der Waals surface area (Å²) in [6.07, 6.45) is -0.171. The summed E-state index contributed by atoms with van der Waals surface area (Å²) < 4.78 is 39.5. The fraction of sp³-hybridized carbons (Fsp3) is 0.0270. The van der Waals surface area contributed by atoms with E-state index in [4.69, 9.17) is 0 Å². The topological polar surface area (TPSA) is 3.24 Å². The summed E-state index contributed by atoms with van der Waals surface area (Å²) in [5.41, 5.74) is 3.86. The van der Waals surface area contributed by atoms with Gasteiger partial charge in [-0.25, -0.2) is 0 Å². The molecule has 0 bridgehead atoms. The van der Waals surface area contributed by atoms with Crippen LogP contribution in [0, 0.1) is 0 Å². The van der Waals surface area contributed by atoms with E-state index in [1.165, 1.54) is 44.5 Å². The Morgan fingerprint density at radius 2 is 0.927 bits per heavy atom. The van der Waals surface area contributed by atoms with Crippen LogP contribution in [0.4, 0.5) is 30.2 Å². The Balaban J connectivity index is 1.20. The molecular weight excluding hydrogens is 515 g/mol. The van der Waals surface area contributed by atoms with Gasteiger partial charge in [0.15, 0.2) is 0 Å². The summed E-state index contributed by atoms with van der Waals surface area (Å²) in [6.45, 7) is 0. The number of benzene rings is 7. The van der Waals surface area contributed by atoms with Crippen LogP contribution in [0.15, 0.2) is 133 Å². The molecule has 41 heavy (non-hydrogen) atoms. The Labute approximate surface area is 235 Å². The maximum atomic E-state index is 13.2. The molecule has 0 radical (unpaired) electrons. The average molecular weight is 540 g/mol. The van der Waals surface area contributed by atoms with Crippen molar-refractivity contribution in [1.29, 1.82) is 0 Å². The lowest BCUT2D eigenvalue weighted by Gasteiger charge is -2.25. The highest BCUT2D eigenvalue weighted by Gasteiger charge is 2.30. The molecule has 4 heteroatoms. The summed E-state index contributed by atoms with van der Waals surface area (Å²) in [7, 11) is 0. The molecule has 0 spiro atoms. The van der Waals surface area contributed by atoms with Crippen LogP contribution in [0.3, 0.4) is 0 Å². The SMILES string of the molecule is FC(F)(F)c1ccc(N(c2ccccc2)c2ccc(C=Cc3cc4ccc5cccc6ccc(c3)c4c56)cc2)cc1. The van der Waals surface area contributed by atoms with E-state index in [9.17, 15) is 13.2 Å². The van der Waals surface area contributed by atoms with Crippen molar-refractivity contribution < 1.29 is 13.2 Å². The molecule has 0 heterocycles.